The first-order valence-electron chi connectivity index (χ1n) is 23.2. The number of nitrogens with zero attached hydrogens (tertiary/aromatic N) is 2. The van der Waals surface area contributed by atoms with Crippen LogP contribution in [0, 0.1) is 0 Å². The van der Waals surface area contributed by atoms with Crippen LogP contribution in [0.5, 0.6) is 0 Å². The van der Waals surface area contributed by atoms with Crippen molar-refractivity contribution in [3.63, 3.8) is 0 Å². The van der Waals surface area contributed by atoms with Gasteiger partial charge in [-0.05, 0) is 137 Å². The molecule has 2 heteroatoms. The Labute approximate surface area is 389 Å². The van der Waals surface area contributed by atoms with Crippen LogP contribution in [0.4, 0.5) is 34.1 Å². The molecule has 67 heavy (non-hydrogen) atoms. The zero-order valence-electron chi connectivity index (χ0n) is 36.6. The van der Waals surface area contributed by atoms with Crippen molar-refractivity contribution in [3.8, 4) is 22.3 Å². The van der Waals surface area contributed by atoms with Crippen LogP contribution < -0.4 is 9.80 Å². The fourth-order valence-electron chi connectivity index (χ4n) is 11.7. The van der Waals surface area contributed by atoms with Crippen LogP contribution in [0.15, 0.2) is 255 Å². The maximum Gasteiger partial charge on any atom is 0.0727 e. The van der Waals surface area contributed by atoms with Crippen molar-refractivity contribution >= 4 is 77.2 Å². The summed E-state index contributed by atoms with van der Waals surface area (Å²) in [5, 5.41) is 9.72. The van der Waals surface area contributed by atoms with Gasteiger partial charge in [0, 0.05) is 33.5 Å². The van der Waals surface area contributed by atoms with Crippen LogP contribution in [-0.4, -0.2) is 0 Å². The van der Waals surface area contributed by atoms with Crippen LogP contribution in [0.1, 0.15) is 22.3 Å². The third-order valence-electron chi connectivity index (χ3n) is 14.6. The number of hydrogen-bond acceptors (Lipinski definition) is 2. The first-order chi connectivity index (χ1) is 33.2. The summed E-state index contributed by atoms with van der Waals surface area (Å²) in [5.74, 6) is 0. The summed E-state index contributed by atoms with van der Waals surface area (Å²) in [6.07, 6.45) is 0. The fourth-order valence-corrected chi connectivity index (χ4v) is 11.7. The Hall–Kier alpha value is -8.72. The van der Waals surface area contributed by atoms with Crippen LogP contribution in [-0.2, 0) is 5.41 Å². The highest BCUT2D eigenvalue weighted by Crippen LogP contribution is 2.64. The van der Waals surface area contributed by atoms with Gasteiger partial charge in [-0.3, -0.25) is 0 Å². The number of hydrogen-bond donors (Lipinski definition) is 0. The smallest absolute Gasteiger partial charge is 0.0727 e. The van der Waals surface area contributed by atoms with Crippen molar-refractivity contribution in [3.05, 3.63) is 277 Å². The molecule has 0 radical (unpaired) electrons. The molecule has 0 saturated heterocycles. The van der Waals surface area contributed by atoms with E-state index in [2.05, 4.69) is 265 Å². The van der Waals surface area contributed by atoms with Gasteiger partial charge in [-0.15, -0.1) is 0 Å². The summed E-state index contributed by atoms with van der Waals surface area (Å²) in [4.78, 5) is 4.96. The maximum atomic E-state index is 2.51. The van der Waals surface area contributed by atoms with Gasteiger partial charge in [-0.2, -0.15) is 0 Å². The lowest BCUT2D eigenvalue weighted by atomic mass is 9.70. The lowest BCUT2D eigenvalue weighted by molar-refractivity contribution is 0.793. The Bertz CT molecular complexity index is 3700. The highest BCUT2D eigenvalue weighted by atomic mass is 15.2. The zero-order chi connectivity index (χ0) is 44.1. The molecule has 0 unspecified atom stereocenters. The molecule has 1 spiro atoms. The molecule has 0 bridgehead atoms. The summed E-state index contributed by atoms with van der Waals surface area (Å²) < 4.78 is 0. The van der Waals surface area contributed by atoms with Gasteiger partial charge >= 0.3 is 0 Å². The van der Waals surface area contributed by atoms with Gasteiger partial charge < -0.3 is 9.80 Å². The molecule has 0 N–H and O–H groups in total. The van der Waals surface area contributed by atoms with Crippen LogP contribution in [0.25, 0.3) is 65.3 Å². The average Bonchev–Trinajstić information content (AvgIpc) is 3.86. The van der Waals surface area contributed by atoms with E-state index in [0.717, 1.165) is 34.1 Å². The lowest BCUT2D eigenvalue weighted by Crippen LogP contribution is -2.26. The third-order valence-corrected chi connectivity index (χ3v) is 14.6. The number of benzene rings is 12. The van der Waals surface area contributed by atoms with E-state index >= 15 is 0 Å². The molecule has 2 aliphatic rings. The summed E-state index contributed by atoms with van der Waals surface area (Å²) >= 11 is 0. The van der Waals surface area contributed by atoms with E-state index in [-0.39, 0.29) is 0 Å². The lowest BCUT2D eigenvalue weighted by Gasteiger charge is -2.33. The van der Waals surface area contributed by atoms with Crippen molar-refractivity contribution in [1.29, 1.82) is 0 Å². The van der Waals surface area contributed by atoms with Gasteiger partial charge in [0.25, 0.3) is 0 Å². The van der Waals surface area contributed by atoms with Gasteiger partial charge in [0.2, 0.25) is 0 Å². The molecule has 0 aromatic heterocycles. The molecular formula is C65H42N2. The predicted octanol–water partition coefficient (Wildman–Crippen LogP) is 17.6. The Balaban J connectivity index is 1.05. The van der Waals surface area contributed by atoms with E-state index in [4.69, 9.17) is 0 Å². The van der Waals surface area contributed by atoms with Crippen LogP contribution in [0.3, 0.4) is 0 Å². The van der Waals surface area contributed by atoms with Crippen molar-refractivity contribution < 1.29 is 0 Å². The molecule has 2 aliphatic carbocycles. The molecule has 0 heterocycles. The SMILES string of the molecule is c1ccc2c(c1)-c1ccccc1C21c2cc(N(c3ccc4ccccc4c3)c3cccc4ccccc34)ccc2-c2ccc(N(c3ccc4ccccc4c3)c3cccc4ccccc34)cc21. The fraction of sp³-hybridized carbons (Fsp3) is 0.0154. The second-order valence-corrected chi connectivity index (χ2v) is 18.0. The monoisotopic (exact) mass is 850 g/mol. The minimum atomic E-state index is -0.592. The Morgan fingerprint density at radius 2 is 0.567 bits per heavy atom. The molecule has 12 aromatic rings. The predicted molar refractivity (Wildman–Crippen MR) is 282 cm³/mol. The number of anilines is 6. The van der Waals surface area contributed by atoms with Crippen molar-refractivity contribution in [2.45, 2.75) is 5.41 Å². The summed E-state index contributed by atoms with van der Waals surface area (Å²) in [6.45, 7) is 0. The van der Waals surface area contributed by atoms with Crippen molar-refractivity contribution in [2.75, 3.05) is 9.80 Å². The average molecular weight is 851 g/mol. The highest BCUT2D eigenvalue weighted by Gasteiger charge is 2.52. The standard InChI is InChI=1S/C65H42N2/c1-3-19-47-39-49(33-31-43(47)15-1)66(63-29-13-21-45-17-5-7-23-53(45)63)51-35-37-57-58-38-36-52(42-62(58)65(61(57)41-51)59-27-11-9-25-55(59)56-26-10-12-28-60(56)65)67(50-34-32-44-16-2-4-20-48(44)40-50)64-30-14-22-46-18-6-8-24-54(46)64/h1-42H. The molecule has 2 nitrogen and oxygen atoms in total. The molecule has 0 saturated carbocycles. The minimum absolute atomic E-state index is 0.592. The summed E-state index contributed by atoms with van der Waals surface area (Å²) in [5.41, 5.74) is 16.5. The molecule has 12 aromatic carbocycles. The molecule has 14 rings (SSSR count). The highest BCUT2D eigenvalue weighted by molar-refractivity contribution is 6.04. The van der Waals surface area contributed by atoms with E-state index < -0.39 is 5.41 Å². The van der Waals surface area contributed by atoms with Crippen molar-refractivity contribution in [2.24, 2.45) is 0 Å². The molecule has 312 valence electrons. The van der Waals surface area contributed by atoms with Gasteiger partial charge in [0.1, 0.15) is 0 Å². The van der Waals surface area contributed by atoms with E-state index in [1.807, 2.05) is 0 Å². The van der Waals surface area contributed by atoms with Gasteiger partial charge in [0.05, 0.1) is 16.8 Å². The van der Waals surface area contributed by atoms with Crippen LogP contribution >= 0.6 is 0 Å². The van der Waals surface area contributed by atoms with Gasteiger partial charge in [0.15, 0.2) is 0 Å². The quantitative estimate of drug-likeness (QED) is 0.164. The normalized spacial score (nSPS) is 12.9. The van der Waals surface area contributed by atoms with Crippen molar-refractivity contribution in [1.82, 2.24) is 0 Å². The third kappa shape index (κ3) is 5.57. The zero-order valence-corrected chi connectivity index (χ0v) is 36.6. The molecule has 0 amide bonds. The van der Waals surface area contributed by atoms with Gasteiger partial charge in [-0.1, -0.05) is 194 Å². The van der Waals surface area contributed by atoms with Gasteiger partial charge in [-0.25, -0.2) is 0 Å². The van der Waals surface area contributed by atoms with E-state index in [1.54, 1.807) is 0 Å². The van der Waals surface area contributed by atoms with Crippen LogP contribution in [0.2, 0.25) is 0 Å². The first kappa shape index (κ1) is 37.6. The second kappa shape index (κ2) is 14.7. The molecular weight excluding hydrogens is 809 g/mol. The first-order valence-corrected chi connectivity index (χ1v) is 23.2. The second-order valence-electron chi connectivity index (χ2n) is 18.0. The van der Waals surface area contributed by atoms with E-state index in [1.165, 1.54) is 87.6 Å². The molecule has 0 aliphatic heterocycles. The maximum absolute atomic E-state index is 2.51. The minimum Gasteiger partial charge on any atom is -0.310 e. The Morgan fingerprint density at radius 1 is 0.224 bits per heavy atom. The Kier molecular flexibility index (Phi) is 8.23. The largest absolute Gasteiger partial charge is 0.310 e. The molecule has 0 fully saturated rings. The van der Waals surface area contributed by atoms with E-state index in [9.17, 15) is 0 Å². The topological polar surface area (TPSA) is 6.48 Å². The molecule has 0 atom stereocenters. The van der Waals surface area contributed by atoms with E-state index in [0.29, 0.717) is 0 Å². The summed E-state index contributed by atoms with van der Waals surface area (Å²) in [6, 6.07) is 94.8. The Morgan fingerprint density at radius 3 is 1.04 bits per heavy atom. The number of fused-ring (bicyclic) bond motifs is 14. The summed E-state index contributed by atoms with van der Waals surface area (Å²) in [7, 11) is 0. The number of rotatable bonds is 6.